The molecule has 0 bridgehead atoms. The maximum absolute atomic E-state index is 12.9. The van der Waals surface area contributed by atoms with E-state index in [1.165, 1.54) is 11.3 Å². The third-order valence-corrected chi connectivity index (χ3v) is 5.71. The Morgan fingerprint density at radius 3 is 2.96 bits per heavy atom. The number of carbonyl (C=O) groups excluding carboxylic acids is 1. The summed E-state index contributed by atoms with van der Waals surface area (Å²) in [6.45, 7) is 3.68. The summed E-state index contributed by atoms with van der Waals surface area (Å²) in [5, 5.41) is 9.97. The Balaban J connectivity index is 1.60. The predicted octanol–water partition coefficient (Wildman–Crippen LogP) is 2.08. The first-order valence-corrected chi connectivity index (χ1v) is 9.38. The number of nitrogens with zero attached hydrogens (tertiary/aromatic N) is 2. The van der Waals surface area contributed by atoms with E-state index in [0.717, 1.165) is 45.2 Å². The van der Waals surface area contributed by atoms with Crippen LogP contribution in [0, 0.1) is 5.41 Å². The highest BCUT2D eigenvalue weighted by molar-refractivity contribution is 5.82. The van der Waals surface area contributed by atoms with Gasteiger partial charge in [0.1, 0.15) is 0 Å². The molecular formula is C20H30N2O3. The Labute approximate surface area is 150 Å². The Kier molecular flexibility index (Phi) is 5.97. The number of rotatable bonds is 7. The van der Waals surface area contributed by atoms with Crippen LogP contribution in [0.5, 0.6) is 0 Å². The second-order valence-electron chi connectivity index (χ2n) is 7.47. The van der Waals surface area contributed by atoms with Crippen LogP contribution < -0.4 is 4.90 Å². The van der Waals surface area contributed by atoms with Gasteiger partial charge in [0.25, 0.3) is 0 Å². The molecule has 1 N–H and O–H groups in total. The predicted molar refractivity (Wildman–Crippen MR) is 98.8 cm³/mol. The maximum atomic E-state index is 12.9. The summed E-state index contributed by atoms with van der Waals surface area (Å²) in [6, 6.07) is 8.35. The molecular weight excluding hydrogens is 316 g/mol. The number of likely N-dealkylation sites (tertiary alicyclic amines) is 1. The number of aliphatic hydroxyl groups excluding tert-OH is 1. The van der Waals surface area contributed by atoms with Gasteiger partial charge in [-0.25, -0.2) is 0 Å². The minimum Gasteiger partial charge on any atom is -0.396 e. The molecule has 2 aliphatic rings. The highest BCUT2D eigenvalue weighted by atomic mass is 16.5. The second-order valence-corrected chi connectivity index (χ2v) is 7.47. The van der Waals surface area contributed by atoms with E-state index in [-0.39, 0.29) is 17.9 Å². The van der Waals surface area contributed by atoms with Crippen molar-refractivity contribution in [2.45, 2.75) is 32.1 Å². The number of fused-ring (bicyclic) bond motifs is 1. The molecule has 1 aromatic rings. The summed E-state index contributed by atoms with van der Waals surface area (Å²) in [5.74, 6) is 0.181. The molecule has 0 saturated carbocycles. The number of hydrogen-bond acceptors (Lipinski definition) is 4. The third kappa shape index (κ3) is 4.15. The van der Waals surface area contributed by atoms with Crippen LogP contribution >= 0.6 is 0 Å². The lowest BCUT2D eigenvalue weighted by Crippen LogP contribution is -2.50. The number of benzene rings is 1. The molecule has 0 aromatic heterocycles. The lowest BCUT2D eigenvalue weighted by atomic mass is 9.77. The van der Waals surface area contributed by atoms with E-state index in [9.17, 15) is 9.90 Å². The minimum absolute atomic E-state index is 0.146. The molecule has 3 rings (SSSR count). The monoisotopic (exact) mass is 346 g/mol. The molecule has 0 spiro atoms. The van der Waals surface area contributed by atoms with Crippen LogP contribution in [0.15, 0.2) is 24.3 Å². The zero-order valence-corrected chi connectivity index (χ0v) is 15.2. The number of carbonyl (C=O) groups is 1. The molecule has 5 heteroatoms. The fourth-order valence-corrected chi connectivity index (χ4v) is 4.26. The molecule has 1 fully saturated rings. The molecule has 1 saturated heterocycles. The molecule has 1 aromatic carbocycles. The number of amides is 1. The Morgan fingerprint density at radius 2 is 2.16 bits per heavy atom. The van der Waals surface area contributed by atoms with Crippen molar-refractivity contribution in [2.24, 2.45) is 5.41 Å². The number of ether oxygens (including phenoxy) is 1. The summed E-state index contributed by atoms with van der Waals surface area (Å²) in [6.07, 6.45) is 4.81. The topological polar surface area (TPSA) is 53.0 Å². The Bertz CT molecular complexity index is 592. The van der Waals surface area contributed by atoms with Gasteiger partial charge >= 0.3 is 0 Å². The number of piperidine rings is 1. The van der Waals surface area contributed by atoms with Gasteiger partial charge in [-0.3, -0.25) is 4.79 Å². The summed E-state index contributed by atoms with van der Waals surface area (Å²) >= 11 is 0. The van der Waals surface area contributed by atoms with E-state index in [1.54, 1.807) is 7.11 Å². The fraction of sp³-hybridized carbons (Fsp3) is 0.650. The van der Waals surface area contributed by atoms with Gasteiger partial charge in [-0.1, -0.05) is 18.2 Å². The van der Waals surface area contributed by atoms with Crippen LogP contribution in [0.4, 0.5) is 5.69 Å². The lowest BCUT2D eigenvalue weighted by Gasteiger charge is -2.42. The van der Waals surface area contributed by atoms with Gasteiger partial charge in [0, 0.05) is 44.5 Å². The first-order chi connectivity index (χ1) is 12.2. The summed E-state index contributed by atoms with van der Waals surface area (Å²) < 4.78 is 5.15. The molecule has 0 aliphatic carbocycles. The third-order valence-electron chi connectivity index (χ3n) is 5.71. The smallest absolute Gasteiger partial charge is 0.242 e. The zero-order chi connectivity index (χ0) is 17.7. The van der Waals surface area contributed by atoms with Gasteiger partial charge in [0.2, 0.25) is 5.91 Å². The molecule has 1 amide bonds. The number of hydrogen-bond donors (Lipinski definition) is 1. The average Bonchev–Trinajstić information content (AvgIpc) is 3.05. The van der Waals surface area contributed by atoms with Crippen LogP contribution in [0.25, 0.3) is 0 Å². The van der Waals surface area contributed by atoms with Crippen LogP contribution in [0.3, 0.4) is 0 Å². The lowest BCUT2D eigenvalue weighted by molar-refractivity contribution is -0.134. The maximum Gasteiger partial charge on any atom is 0.242 e. The first-order valence-electron chi connectivity index (χ1n) is 9.38. The molecule has 0 unspecified atom stereocenters. The SMILES string of the molecule is COCCC[C@@]1(CO)CCCN(C(=O)CN2CCc3ccccc32)C1. The van der Waals surface area contributed by atoms with Gasteiger partial charge < -0.3 is 19.6 Å². The summed E-state index contributed by atoms with van der Waals surface area (Å²) in [7, 11) is 1.70. The van der Waals surface area contributed by atoms with Gasteiger partial charge in [-0.15, -0.1) is 0 Å². The van der Waals surface area contributed by atoms with Crippen LogP contribution in [-0.2, 0) is 16.0 Å². The fourth-order valence-electron chi connectivity index (χ4n) is 4.26. The molecule has 0 radical (unpaired) electrons. The van der Waals surface area contributed by atoms with Crippen molar-refractivity contribution in [3.8, 4) is 0 Å². The van der Waals surface area contributed by atoms with Crippen molar-refractivity contribution in [1.29, 1.82) is 0 Å². The second kappa shape index (κ2) is 8.19. The van der Waals surface area contributed by atoms with E-state index in [4.69, 9.17) is 4.74 Å². The van der Waals surface area contributed by atoms with Crippen LogP contribution in [-0.4, -0.2) is 62.4 Å². The molecule has 138 valence electrons. The van der Waals surface area contributed by atoms with Gasteiger partial charge in [-0.2, -0.15) is 0 Å². The molecule has 2 heterocycles. The van der Waals surface area contributed by atoms with Crippen molar-refractivity contribution in [3.63, 3.8) is 0 Å². The highest BCUT2D eigenvalue weighted by Crippen LogP contribution is 2.35. The van der Waals surface area contributed by atoms with Crippen molar-refractivity contribution in [3.05, 3.63) is 29.8 Å². The van der Waals surface area contributed by atoms with Gasteiger partial charge in [0.05, 0.1) is 13.2 Å². The first kappa shape index (κ1) is 18.2. The minimum atomic E-state index is -0.157. The molecule has 1 atom stereocenters. The van der Waals surface area contributed by atoms with Crippen LogP contribution in [0.1, 0.15) is 31.2 Å². The van der Waals surface area contributed by atoms with E-state index in [2.05, 4.69) is 23.1 Å². The largest absolute Gasteiger partial charge is 0.396 e. The molecule has 5 nitrogen and oxygen atoms in total. The number of aliphatic hydroxyl groups is 1. The average molecular weight is 346 g/mol. The number of methoxy groups -OCH3 is 1. The quantitative estimate of drug-likeness (QED) is 0.768. The summed E-state index contributed by atoms with van der Waals surface area (Å²) in [5.41, 5.74) is 2.37. The van der Waals surface area contributed by atoms with E-state index >= 15 is 0 Å². The van der Waals surface area contributed by atoms with E-state index in [0.29, 0.717) is 19.7 Å². The van der Waals surface area contributed by atoms with E-state index in [1.807, 2.05) is 11.0 Å². The molecule has 25 heavy (non-hydrogen) atoms. The number of anilines is 1. The Morgan fingerprint density at radius 1 is 1.32 bits per heavy atom. The summed E-state index contributed by atoms with van der Waals surface area (Å²) in [4.78, 5) is 17.0. The van der Waals surface area contributed by atoms with Crippen molar-refractivity contribution in [1.82, 2.24) is 4.90 Å². The van der Waals surface area contributed by atoms with Gasteiger partial charge in [0.15, 0.2) is 0 Å². The van der Waals surface area contributed by atoms with Crippen molar-refractivity contribution < 1.29 is 14.6 Å². The molecule has 2 aliphatic heterocycles. The van der Waals surface area contributed by atoms with Crippen LogP contribution in [0.2, 0.25) is 0 Å². The standard InChI is InChI=1S/C20H30N2O3/c1-25-13-5-10-20(16-23)9-4-11-22(15-20)19(24)14-21-12-8-17-6-2-3-7-18(17)21/h2-3,6-7,23H,4-5,8-16H2,1H3/t20-/m0/s1. The number of para-hydroxylation sites is 1. The zero-order valence-electron chi connectivity index (χ0n) is 15.2. The normalized spacial score (nSPS) is 23.0. The Hall–Kier alpha value is -1.59. The van der Waals surface area contributed by atoms with Crippen molar-refractivity contribution in [2.75, 3.05) is 51.4 Å². The van der Waals surface area contributed by atoms with Gasteiger partial charge in [-0.05, 0) is 43.7 Å². The van der Waals surface area contributed by atoms with E-state index < -0.39 is 0 Å². The highest BCUT2D eigenvalue weighted by Gasteiger charge is 2.36. The van der Waals surface area contributed by atoms with Crippen molar-refractivity contribution >= 4 is 11.6 Å².